The number of thiophene rings is 1. The Balaban J connectivity index is 0.00000208. The zero-order chi connectivity index (χ0) is 16.3. The van der Waals surface area contributed by atoms with Crippen LogP contribution in [0.2, 0.25) is 4.34 Å². The fourth-order valence-corrected chi connectivity index (χ4v) is 5.76. The average molecular weight is 411 g/mol. The van der Waals surface area contributed by atoms with Crippen LogP contribution in [0.3, 0.4) is 0 Å². The first-order chi connectivity index (χ1) is 11.1. The van der Waals surface area contributed by atoms with E-state index in [1.807, 2.05) is 16.9 Å². The third-order valence-electron chi connectivity index (χ3n) is 3.89. The maximum Gasteiger partial charge on any atom is 0.252 e. The predicted molar refractivity (Wildman–Crippen MR) is 98.6 cm³/mol. The first-order valence-corrected chi connectivity index (χ1v) is 10.1. The molecule has 0 spiro atoms. The lowest BCUT2D eigenvalue weighted by molar-refractivity contribution is 0.270. The lowest BCUT2D eigenvalue weighted by Crippen LogP contribution is -2.35. The topological polar surface area (TPSA) is 58.4 Å². The van der Waals surface area contributed by atoms with Crippen LogP contribution >= 0.6 is 35.3 Å². The van der Waals surface area contributed by atoms with Crippen LogP contribution in [0, 0.1) is 0 Å². The Morgan fingerprint density at radius 1 is 1.17 bits per heavy atom. The number of hydrogen-bond acceptors (Lipinski definition) is 5. The highest BCUT2D eigenvalue weighted by Gasteiger charge is 2.28. The molecule has 0 amide bonds. The molecule has 0 radical (unpaired) electrons. The van der Waals surface area contributed by atoms with Crippen LogP contribution in [0.15, 0.2) is 34.8 Å². The fourth-order valence-electron chi connectivity index (χ4n) is 2.65. The third-order valence-corrected chi connectivity index (χ3v) is 7.49. The van der Waals surface area contributed by atoms with E-state index in [-0.39, 0.29) is 12.4 Å². The smallest absolute Gasteiger partial charge is 0.252 e. The summed E-state index contributed by atoms with van der Waals surface area (Å²) in [5.41, 5.74) is 0. The number of rotatable bonds is 5. The van der Waals surface area contributed by atoms with Crippen LogP contribution in [-0.2, 0) is 16.6 Å². The largest absolute Gasteiger partial charge is 0.300 e. The zero-order valence-electron chi connectivity index (χ0n) is 13.0. The molecule has 2 aromatic heterocycles. The number of nitrogens with zero attached hydrogens (tertiary/aromatic N) is 4. The molecule has 1 saturated heterocycles. The van der Waals surface area contributed by atoms with Gasteiger partial charge >= 0.3 is 0 Å². The Morgan fingerprint density at radius 3 is 2.67 bits per heavy atom. The van der Waals surface area contributed by atoms with Crippen molar-refractivity contribution in [1.29, 1.82) is 0 Å². The summed E-state index contributed by atoms with van der Waals surface area (Å²) in [6.45, 7) is 4.39. The molecule has 1 aliphatic heterocycles. The van der Waals surface area contributed by atoms with Gasteiger partial charge in [0.15, 0.2) is 0 Å². The van der Waals surface area contributed by atoms with Crippen LogP contribution in [0.1, 0.15) is 6.42 Å². The van der Waals surface area contributed by atoms with Gasteiger partial charge in [-0.05, 0) is 31.2 Å². The van der Waals surface area contributed by atoms with Crippen molar-refractivity contribution in [3.8, 4) is 0 Å². The molecule has 0 N–H and O–H groups in total. The summed E-state index contributed by atoms with van der Waals surface area (Å²) in [6, 6.07) is 5.12. The van der Waals surface area contributed by atoms with Crippen molar-refractivity contribution in [1.82, 2.24) is 19.0 Å². The van der Waals surface area contributed by atoms with Gasteiger partial charge in [0.25, 0.3) is 10.0 Å². The van der Waals surface area contributed by atoms with Gasteiger partial charge in [-0.25, -0.2) is 8.42 Å². The Hall–Kier alpha value is -0.640. The van der Waals surface area contributed by atoms with E-state index in [1.54, 1.807) is 22.6 Å². The summed E-state index contributed by atoms with van der Waals surface area (Å²) in [5.74, 6) is 0. The minimum atomic E-state index is -3.42. The second-order valence-electron chi connectivity index (χ2n) is 5.43. The first-order valence-electron chi connectivity index (χ1n) is 7.51. The quantitative estimate of drug-likeness (QED) is 0.758. The van der Waals surface area contributed by atoms with Crippen molar-refractivity contribution >= 4 is 45.4 Å². The lowest BCUT2D eigenvalue weighted by Gasteiger charge is -2.21. The Morgan fingerprint density at radius 2 is 2.00 bits per heavy atom. The molecule has 24 heavy (non-hydrogen) atoms. The highest BCUT2D eigenvalue weighted by molar-refractivity contribution is 7.91. The van der Waals surface area contributed by atoms with Crippen LogP contribution in [0.4, 0.5) is 0 Å². The molecule has 3 heterocycles. The predicted octanol–water partition coefficient (Wildman–Crippen LogP) is 2.42. The SMILES string of the molecule is Cl.O=S(=O)(c1ccc(Cl)s1)N1CCCN(CCn2cccn2)CC1. The molecule has 1 fully saturated rings. The Bertz CT molecular complexity index is 734. The minimum absolute atomic E-state index is 0. The molecule has 0 saturated carbocycles. The maximum atomic E-state index is 12.6. The van der Waals surface area contributed by atoms with Crippen LogP contribution in [0.5, 0.6) is 0 Å². The van der Waals surface area contributed by atoms with E-state index >= 15 is 0 Å². The molecule has 0 aliphatic carbocycles. The second-order valence-corrected chi connectivity index (χ2v) is 9.31. The van der Waals surface area contributed by atoms with E-state index in [1.165, 1.54) is 0 Å². The van der Waals surface area contributed by atoms with E-state index in [4.69, 9.17) is 11.6 Å². The van der Waals surface area contributed by atoms with Gasteiger partial charge in [-0.15, -0.1) is 23.7 Å². The fraction of sp³-hybridized carbons (Fsp3) is 0.500. The average Bonchev–Trinajstić information content (AvgIpc) is 3.13. The standard InChI is InChI=1S/C14H19ClN4O2S2.ClH/c15-13-3-4-14(22-13)23(20,21)19-8-2-6-17(10-12-19)9-11-18-7-1-5-16-18;/h1,3-5,7H,2,6,8-12H2;1H. The van der Waals surface area contributed by atoms with Crippen molar-refractivity contribution in [2.45, 2.75) is 17.2 Å². The minimum Gasteiger partial charge on any atom is -0.300 e. The van der Waals surface area contributed by atoms with E-state index in [0.717, 1.165) is 43.9 Å². The summed E-state index contributed by atoms with van der Waals surface area (Å²) in [7, 11) is -3.42. The molecule has 0 bridgehead atoms. The molecule has 6 nitrogen and oxygen atoms in total. The van der Waals surface area contributed by atoms with Gasteiger partial charge in [0.05, 0.1) is 10.9 Å². The van der Waals surface area contributed by atoms with Crippen LogP contribution in [-0.4, -0.2) is 60.1 Å². The maximum absolute atomic E-state index is 12.6. The molecular formula is C14H20Cl2N4O2S2. The summed E-state index contributed by atoms with van der Waals surface area (Å²) in [5, 5.41) is 4.19. The third kappa shape index (κ3) is 4.71. The van der Waals surface area contributed by atoms with Gasteiger partial charge < -0.3 is 4.90 Å². The Kier molecular flexibility index (Phi) is 7.09. The molecule has 10 heteroatoms. The number of halogens is 2. The number of sulfonamides is 1. The van der Waals surface area contributed by atoms with E-state index in [2.05, 4.69) is 10.00 Å². The summed E-state index contributed by atoms with van der Waals surface area (Å²) >= 11 is 6.99. The highest BCUT2D eigenvalue weighted by atomic mass is 35.5. The normalized spacial score (nSPS) is 17.4. The van der Waals surface area contributed by atoms with Crippen molar-refractivity contribution in [2.24, 2.45) is 0 Å². The summed E-state index contributed by atoms with van der Waals surface area (Å²) < 4.78 is 29.6. The second kappa shape index (κ2) is 8.64. The van der Waals surface area contributed by atoms with Gasteiger partial charge in [0.2, 0.25) is 0 Å². The molecule has 1 aliphatic rings. The molecule has 2 aromatic rings. The van der Waals surface area contributed by atoms with Gasteiger partial charge in [-0.1, -0.05) is 11.6 Å². The molecular weight excluding hydrogens is 391 g/mol. The summed E-state index contributed by atoms with van der Waals surface area (Å²) in [6.07, 6.45) is 4.54. The van der Waals surface area contributed by atoms with Crippen LogP contribution in [0.25, 0.3) is 0 Å². The van der Waals surface area contributed by atoms with E-state index < -0.39 is 10.0 Å². The molecule has 3 rings (SSSR count). The molecule has 0 unspecified atom stereocenters. The number of hydrogen-bond donors (Lipinski definition) is 0. The summed E-state index contributed by atoms with van der Waals surface area (Å²) in [4.78, 5) is 2.29. The van der Waals surface area contributed by atoms with Crippen LogP contribution < -0.4 is 0 Å². The van der Waals surface area contributed by atoms with Gasteiger partial charge in [0, 0.05) is 38.6 Å². The molecule has 0 atom stereocenters. The number of aromatic nitrogens is 2. The van der Waals surface area contributed by atoms with E-state index in [9.17, 15) is 8.42 Å². The van der Waals surface area contributed by atoms with Crippen molar-refractivity contribution < 1.29 is 8.42 Å². The van der Waals surface area contributed by atoms with Crippen molar-refractivity contribution in [3.05, 3.63) is 34.9 Å². The van der Waals surface area contributed by atoms with Crippen molar-refractivity contribution in [2.75, 3.05) is 32.7 Å². The van der Waals surface area contributed by atoms with Gasteiger partial charge in [0.1, 0.15) is 4.21 Å². The first kappa shape index (κ1) is 19.7. The van der Waals surface area contributed by atoms with Crippen molar-refractivity contribution in [3.63, 3.8) is 0 Å². The molecule has 0 aromatic carbocycles. The Labute approximate surface area is 157 Å². The van der Waals surface area contributed by atoms with Gasteiger partial charge in [-0.3, -0.25) is 4.68 Å². The monoisotopic (exact) mass is 410 g/mol. The zero-order valence-corrected chi connectivity index (χ0v) is 16.2. The van der Waals surface area contributed by atoms with Gasteiger partial charge in [-0.2, -0.15) is 9.40 Å². The van der Waals surface area contributed by atoms with E-state index in [0.29, 0.717) is 21.6 Å². The lowest BCUT2D eigenvalue weighted by atomic mass is 10.4. The molecule has 134 valence electrons. The highest BCUT2D eigenvalue weighted by Crippen LogP contribution is 2.28.